The topological polar surface area (TPSA) is 44.3 Å². The van der Waals surface area contributed by atoms with Crippen LogP contribution in [0.15, 0.2) is 21.1 Å². The predicted octanol–water partition coefficient (Wildman–Crippen LogP) is 2.31. The Morgan fingerprint density at radius 2 is 2.06 bits per heavy atom. The lowest BCUT2D eigenvalue weighted by atomic mass is 10.2. The van der Waals surface area contributed by atoms with E-state index < -0.39 is 0 Å². The van der Waals surface area contributed by atoms with Gasteiger partial charge in [0.05, 0.1) is 11.1 Å². The zero-order chi connectivity index (χ0) is 12.8. The quantitative estimate of drug-likeness (QED) is 0.549. The lowest BCUT2D eigenvalue weighted by Crippen LogP contribution is -2.36. The van der Waals surface area contributed by atoms with Gasteiger partial charge in [-0.3, -0.25) is 0 Å². The minimum Gasteiger partial charge on any atom is -0.395 e. The van der Waals surface area contributed by atoms with E-state index in [0.717, 1.165) is 4.47 Å². The molecule has 7 heteroatoms. The Morgan fingerprint density at radius 3 is 2.71 bits per heavy atom. The molecule has 1 rings (SSSR count). The Bertz CT molecular complexity index is 418. The molecule has 0 aliphatic heterocycles. The van der Waals surface area contributed by atoms with Crippen molar-refractivity contribution in [3.05, 3.63) is 32.5 Å². The van der Waals surface area contributed by atoms with E-state index >= 15 is 0 Å². The van der Waals surface area contributed by atoms with Crippen LogP contribution in [0.5, 0.6) is 0 Å². The number of nitrogens with one attached hydrogen (secondary N) is 2. The number of halogens is 3. The molecule has 0 spiro atoms. The van der Waals surface area contributed by atoms with Crippen LogP contribution in [0.3, 0.4) is 0 Å². The fraction of sp³-hybridized carbons (Fsp3) is 0.300. The molecule has 0 radical (unpaired) electrons. The number of thiocarbonyl (C=S) groups is 1. The van der Waals surface area contributed by atoms with Gasteiger partial charge in [0.15, 0.2) is 5.11 Å². The third kappa shape index (κ3) is 4.87. The smallest absolute Gasteiger partial charge is 0.166 e. The second kappa shape index (κ2) is 7.25. The Morgan fingerprint density at radius 1 is 1.35 bits per heavy atom. The molecule has 0 saturated heterocycles. The van der Waals surface area contributed by atoms with E-state index in [1.807, 2.05) is 0 Å². The molecule has 0 bridgehead atoms. The summed E-state index contributed by atoms with van der Waals surface area (Å²) in [7, 11) is 0. The van der Waals surface area contributed by atoms with Gasteiger partial charge in [0.1, 0.15) is 5.82 Å². The first-order valence-corrected chi connectivity index (χ1v) is 6.80. The molecule has 3 N–H and O–H groups in total. The summed E-state index contributed by atoms with van der Waals surface area (Å²) in [6, 6.07) is 3.32. The number of hydrogen-bond donors (Lipinski definition) is 3. The first-order chi connectivity index (χ1) is 8.04. The van der Waals surface area contributed by atoms with E-state index in [-0.39, 0.29) is 19.0 Å². The molecule has 94 valence electrons. The van der Waals surface area contributed by atoms with Crippen molar-refractivity contribution in [2.24, 2.45) is 0 Å². The maximum Gasteiger partial charge on any atom is 0.166 e. The van der Waals surface area contributed by atoms with Crippen molar-refractivity contribution in [1.29, 1.82) is 0 Å². The van der Waals surface area contributed by atoms with Crippen molar-refractivity contribution in [2.75, 3.05) is 13.2 Å². The minimum absolute atomic E-state index is 0.00137. The van der Waals surface area contributed by atoms with Gasteiger partial charge >= 0.3 is 0 Å². The SMILES string of the molecule is OCCNC(=S)NCc1cc(Br)cc(Br)c1F. The number of aliphatic hydroxyl groups is 1. The van der Waals surface area contributed by atoms with Gasteiger partial charge in [0, 0.05) is 23.1 Å². The normalized spacial score (nSPS) is 10.1. The average molecular weight is 386 g/mol. The summed E-state index contributed by atoms with van der Waals surface area (Å²) in [5, 5.41) is 14.6. The Kier molecular flexibility index (Phi) is 6.32. The summed E-state index contributed by atoms with van der Waals surface area (Å²) in [5.41, 5.74) is 0.499. The van der Waals surface area contributed by atoms with E-state index in [1.54, 1.807) is 12.1 Å². The van der Waals surface area contributed by atoms with E-state index in [1.165, 1.54) is 0 Å². The van der Waals surface area contributed by atoms with Gasteiger partial charge in [-0.1, -0.05) is 15.9 Å². The maximum atomic E-state index is 13.7. The highest BCUT2D eigenvalue weighted by molar-refractivity contribution is 9.11. The van der Waals surface area contributed by atoms with Crippen molar-refractivity contribution in [1.82, 2.24) is 10.6 Å². The van der Waals surface area contributed by atoms with Crippen LogP contribution < -0.4 is 10.6 Å². The van der Waals surface area contributed by atoms with Gasteiger partial charge in [-0.15, -0.1) is 0 Å². The highest BCUT2D eigenvalue weighted by Crippen LogP contribution is 2.24. The van der Waals surface area contributed by atoms with Crippen LogP contribution in [0.4, 0.5) is 4.39 Å². The molecule has 1 aromatic rings. The highest BCUT2D eigenvalue weighted by atomic mass is 79.9. The summed E-state index contributed by atoms with van der Waals surface area (Å²) >= 11 is 11.4. The van der Waals surface area contributed by atoms with Crippen molar-refractivity contribution >= 4 is 49.2 Å². The number of rotatable bonds is 4. The molecule has 0 saturated carbocycles. The Balaban J connectivity index is 2.60. The van der Waals surface area contributed by atoms with Gasteiger partial charge in [0.2, 0.25) is 0 Å². The third-order valence-electron chi connectivity index (χ3n) is 1.91. The first-order valence-electron chi connectivity index (χ1n) is 4.80. The van der Waals surface area contributed by atoms with Crippen LogP contribution in [-0.4, -0.2) is 23.4 Å². The van der Waals surface area contributed by atoms with E-state index in [0.29, 0.717) is 21.7 Å². The van der Waals surface area contributed by atoms with Gasteiger partial charge in [-0.2, -0.15) is 0 Å². The van der Waals surface area contributed by atoms with E-state index in [9.17, 15) is 4.39 Å². The van der Waals surface area contributed by atoms with Crippen LogP contribution >= 0.6 is 44.1 Å². The Hall–Kier alpha value is -0.240. The summed E-state index contributed by atoms with van der Waals surface area (Å²) in [6.45, 7) is 0.649. The number of aliphatic hydroxyl groups excluding tert-OH is 1. The molecule has 0 heterocycles. The molecule has 1 aromatic carbocycles. The van der Waals surface area contributed by atoms with Crippen LogP contribution in [-0.2, 0) is 6.54 Å². The fourth-order valence-corrected chi connectivity index (χ4v) is 2.63. The second-order valence-corrected chi connectivity index (χ2v) is 5.37. The molecular weight excluding hydrogens is 375 g/mol. The summed E-state index contributed by atoms with van der Waals surface area (Å²) in [5.74, 6) is -0.314. The predicted molar refractivity (Wildman–Crippen MR) is 76.3 cm³/mol. The van der Waals surface area contributed by atoms with Gasteiger partial charge in [-0.05, 0) is 40.3 Å². The molecule has 0 amide bonds. The largest absolute Gasteiger partial charge is 0.395 e. The summed E-state index contributed by atoms with van der Waals surface area (Å²) in [6.07, 6.45) is 0. The van der Waals surface area contributed by atoms with Crippen molar-refractivity contribution < 1.29 is 9.50 Å². The molecular formula is C10H11Br2FN2OS. The third-order valence-corrected chi connectivity index (χ3v) is 3.23. The molecule has 0 atom stereocenters. The van der Waals surface area contributed by atoms with E-state index in [2.05, 4.69) is 42.5 Å². The van der Waals surface area contributed by atoms with Crippen molar-refractivity contribution in [3.8, 4) is 0 Å². The average Bonchev–Trinajstić information content (AvgIpc) is 2.29. The fourth-order valence-electron chi connectivity index (χ4n) is 1.15. The molecule has 0 aliphatic rings. The standard InChI is InChI=1S/C10H11Br2FN2OS/c11-7-3-6(9(13)8(12)4-7)5-15-10(17)14-1-2-16/h3-4,16H,1-2,5H2,(H2,14,15,17). The first kappa shape index (κ1) is 14.8. The van der Waals surface area contributed by atoms with Gasteiger partial charge in [-0.25, -0.2) is 4.39 Å². The Labute approximate surface area is 121 Å². The van der Waals surface area contributed by atoms with Crippen LogP contribution in [0.1, 0.15) is 5.56 Å². The molecule has 3 nitrogen and oxygen atoms in total. The van der Waals surface area contributed by atoms with Gasteiger partial charge in [0.25, 0.3) is 0 Å². The number of benzene rings is 1. The molecule has 0 fully saturated rings. The highest BCUT2D eigenvalue weighted by Gasteiger charge is 2.08. The molecule has 0 aliphatic carbocycles. The molecule has 0 aromatic heterocycles. The lowest BCUT2D eigenvalue weighted by molar-refractivity contribution is 0.300. The van der Waals surface area contributed by atoms with E-state index in [4.69, 9.17) is 17.3 Å². The zero-order valence-corrected chi connectivity index (χ0v) is 12.8. The monoisotopic (exact) mass is 384 g/mol. The molecule has 17 heavy (non-hydrogen) atoms. The second-order valence-electron chi connectivity index (χ2n) is 3.19. The van der Waals surface area contributed by atoms with Crippen molar-refractivity contribution in [3.63, 3.8) is 0 Å². The summed E-state index contributed by atoms with van der Waals surface area (Å²) in [4.78, 5) is 0. The molecule has 0 unspecified atom stereocenters. The van der Waals surface area contributed by atoms with Gasteiger partial charge < -0.3 is 15.7 Å². The van der Waals surface area contributed by atoms with Crippen LogP contribution in [0.2, 0.25) is 0 Å². The maximum absolute atomic E-state index is 13.7. The van der Waals surface area contributed by atoms with Crippen LogP contribution in [0.25, 0.3) is 0 Å². The number of hydrogen-bond acceptors (Lipinski definition) is 2. The summed E-state index contributed by atoms with van der Waals surface area (Å²) < 4.78 is 14.9. The zero-order valence-electron chi connectivity index (χ0n) is 8.77. The lowest BCUT2D eigenvalue weighted by Gasteiger charge is -2.11. The minimum atomic E-state index is -0.314. The van der Waals surface area contributed by atoms with Crippen LogP contribution in [0, 0.1) is 5.82 Å². The van der Waals surface area contributed by atoms with Crippen molar-refractivity contribution in [2.45, 2.75) is 6.54 Å².